The Labute approximate surface area is 73.8 Å². The number of hydrogen-bond acceptors (Lipinski definition) is 3. The van der Waals surface area contributed by atoms with Crippen LogP contribution < -0.4 is 11.1 Å². The maximum absolute atomic E-state index is 8.27. The lowest BCUT2D eigenvalue weighted by atomic mass is 10.0. The van der Waals surface area contributed by atoms with Crippen LogP contribution in [0.5, 0.6) is 0 Å². The molecule has 4 heteroatoms. The van der Waals surface area contributed by atoms with Gasteiger partial charge in [0.2, 0.25) is 0 Å². The average Bonchev–Trinajstić information content (AvgIpc) is 2.11. The summed E-state index contributed by atoms with van der Waals surface area (Å²) < 4.78 is 0. The van der Waals surface area contributed by atoms with E-state index in [0.717, 1.165) is 6.42 Å². The highest BCUT2D eigenvalue weighted by molar-refractivity contribution is 5.81. The molecule has 2 atom stereocenters. The first-order chi connectivity index (χ1) is 5.61. The van der Waals surface area contributed by atoms with Gasteiger partial charge in [0, 0.05) is 6.04 Å². The summed E-state index contributed by atoms with van der Waals surface area (Å²) in [7, 11) is 0. The smallest absolute Gasteiger partial charge is 0.153 e. The molecular weight excluding hydrogens is 154 g/mol. The largest absolute Gasteiger partial charge is 0.409 e. The van der Waals surface area contributed by atoms with Crippen molar-refractivity contribution < 1.29 is 5.21 Å². The first-order valence-corrected chi connectivity index (χ1v) is 4.31. The topological polar surface area (TPSA) is 70.6 Å². The molecule has 0 aliphatic carbocycles. The Kier molecular flexibility index (Phi) is 5.45. The van der Waals surface area contributed by atoms with Gasteiger partial charge in [-0.15, -0.1) is 0 Å². The highest BCUT2D eigenvalue weighted by Crippen LogP contribution is 2.05. The number of nitrogens with one attached hydrogen (secondary N) is 1. The Morgan fingerprint density at radius 1 is 1.58 bits per heavy atom. The van der Waals surface area contributed by atoms with Gasteiger partial charge in [0.05, 0.1) is 6.54 Å². The van der Waals surface area contributed by atoms with Crippen molar-refractivity contribution in [1.29, 1.82) is 0 Å². The number of hydrogen-bond donors (Lipinski definition) is 3. The van der Waals surface area contributed by atoms with Crippen LogP contribution in [0.15, 0.2) is 5.16 Å². The molecule has 0 spiro atoms. The average molecular weight is 173 g/mol. The molecule has 4 nitrogen and oxygen atoms in total. The number of oxime groups is 1. The second-order valence-electron chi connectivity index (χ2n) is 3.15. The quantitative estimate of drug-likeness (QED) is 0.249. The third kappa shape index (κ3) is 4.18. The van der Waals surface area contributed by atoms with Crippen LogP contribution in [0.1, 0.15) is 27.2 Å². The molecule has 0 fully saturated rings. The molecule has 0 radical (unpaired) electrons. The van der Waals surface area contributed by atoms with Crippen LogP contribution in [0.4, 0.5) is 0 Å². The molecule has 0 aromatic heterocycles. The van der Waals surface area contributed by atoms with Gasteiger partial charge >= 0.3 is 0 Å². The molecule has 2 unspecified atom stereocenters. The molecule has 0 aliphatic rings. The fourth-order valence-corrected chi connectivity index (χ4v) is 0.856. The van der Waals surface area contributed by atoms with Crippen molar-refractivity contribution in [3.63, 3.8) is 0 Å². The summed E-state index contributed by atoms with van der Waals surface area (Å²) in [6, 6.07) is 0.398. The van der Waals surface area contributed by atoms with Gasteiger partial charge in [0.15, 0.2) is 5.84 Å². The van der Waals surface area contributed by atoms with Crippen molar-refractivity contribution in [2.24, 2.45) is 16.8 Å². The lowest BCUT2D eigenvalue weighted by Gasteiger charge is -2.19. The van der Waals surface area contributed by atoms with Crippen LogP contribution >= 0.6 is 0 Å². The van der Waals surface area contributed by atoms with Gasteiger partial charge in [-0.2, -0.15) is 0 Å². The van der Waals surface area contributed by atoms with Gasteiger partial charge in [-0.1, -0.05) is 25.4 Å². The van der Waals surface area contributed by atoms with E-state index in [1.165, 1.54) is 0 Å². The van der Waals surface area contributed by atoms with Crippen molar-refractivity contribution in [2.45, 2.75) is 33.2 Å². The van der Waals surface area contributed by atoms with E-state index in [1.54, 1.807) is 0 Å². The van der Waals surface area contributed by atoms with Crippen molar-refractivity contribution in [3.05, 3.63) is 0 Å². The number of nitrogens with zero attached hydrogens (tertiary/aromatic N) is 1. The molecule has 0 heterocycles. The Hall–Kier alpha value is -0.770. The van der Waals surface area contributed by atoms with E-state index in [1.807, 2.05) is 0 Å². The summed E-state index contributed by atoms with van der Waals surface area (Å²) in [5, 5.41) is 14.3. The molecule has 0 saturated carbocycles. The molecule has 0 saturated heterocycles. The van der Waals surface area contributed by atoms with E-state index in [4.69, 9.17) is 10.9 Å². The van der Waals surface area contributed by atoms with Crippen molar-refractivity contribution in [2.75, 3.05) is 6.54 Å². The van der Waals surface area contributed by atoms with Crippen molar-refractivity contribution in [1.82, 2.24) is 5.32 Å². The number of amidine groups is 1. The minimum absolute atomic E-state index is 0.227. The van der Waals surface area contributed by atoms with Gasteiger partial charge < -0.3 is 16.3 Å². The Morgan fingerprint density at radius 2 is 2.17 bits per heavy atom. The molecule has 0 bridgehead atoms. The Balaban J connectivity index is 3.63. The normalized spacial score (nSPS) is 17.4. The van der Waals surface area contributed by atoms with Gasteiger partial charge in [-0.3, -0.25) is 0 Å². The summed E-state index contributed by atoms with van der Waals surface area (Å²) in [6.07, 6.45) is 1.13. The standard InChI is InChI=1S/C8H19N3O/c1-4-6(2)7(3)10-5-8(9)11-12/h6-7,10,12H,4-5H2,1-3H3,(H2,9,11). The van der Waals surface area contributed by atoms with Crippen molar-refractivity contribution in [3.8, 4) is 0 Å². The molecule has 0 amide bonds. The monoisotopic (exact) mass is 173 g/mol. The van der Waals surface area contributed by atoms with Crippen LogP contribution in [-0.2, 0) is 0 Å². The zero-order chi connectivity index (χ0) is 9.56. The molecule has 0 aliphatic heterocycles. The van der Waals surface area contributed by atoms with Gasteiger partial charge in [0.1, 0.15) is 0 Å². The second kappa shape index (κ2) is 5.83. The lowest BCUT2D eigenvalue weighted by molar-refractivity contribution is 0.315. The predicted molar refractivity (Wildman–Crippen MR) is 50.3 cm³/mol. The zero-order valence-electron chi connectivity index (χ0n) is 8.04. The molecule has 12 heavy (non-hydrogen) atoms. The van der Waals surface area contributed by atoms with E-state index in [0.29, 0.717) is 18.5 Å². The van der Waals surface area contributed by atoms with Gasteiger partial charge in [-0.25, -0.2) is 0 Å². The first-order valence-electron chi connectivity index (χ1n) is 4.31. The first kappa shape index (κ1) is 11.2. The summed E-state index contributed by atoms with van der Waals surface area (Å²) >= 11 is 0. The summed E-state index contributed by atoms with van der Waals surface area (Å²) in [5.74, 6) is 0.835. The minimum atomic E-state index is 0.227. The van der Waals surface area contributed by atoms with E-state index in [-0.39, 0.29) is 5.84 Å². The van der Waals surface area contributed by atoms with Crippen LogP contribution in [-0.4, -0.2) is 23.6 Å². The van der Waals surface area contributed by atoms with E-state index < -0.39 is 0 Å². The third-order valence-electron chi connectivity index (χ3n) is 2.23. The maximum Gasteiger partial charge on any atom is 0.153 e. The van der Waals surface area contributed by atoms with Gasteiger partial charge in [0.25, 0.3) is 0 Å². The SMILES string of the molecule is CCC(C)C(C)NCC(N)=NO. The molecule has 0 aromatic carbocycles. The van der Waals surface area contributed by atoms with E-state index >= 15 is 0 Å². The van der Waals surface area contributed by atoms with Gasteiger partial charge in [-0.05, 0) is 12.8 Å². The molecule has 4 N–H and O–H groups in total. The highest BCUT2D eigenvalue weighted by Gasteiger charge is 2.08. The second-order valence-corrected chi connectivity index (χ2v) is 3.15. The molecule has 0 aromatic rings. The Bertz CT molecular complexity index is 147. The van der Waals surface area contributed by atoms with E-state index in [9.17, 15) is 0 Å². The van der Waals surface area contributed by atoms with Crippen LogP contribution in [0.2, 0.25) is 0 Å². The highest BCUT2D eigenvalue weighted by atomic mass is 16.4. The molecular formula is C8H19N3O. The number of rotatable bonds is 5. The number of nitrogens with two attached hydrogens (primary N) is 1. The summed E-state index contributed by atoms with van der Waals surface area (Å²) in [6.45, 7) is 6.86. The molecule has 0 rings (SSSR count). The fraction of sp³-hybridized carbons (Fsp3) is 0.875. The van der Waals surface area contributed by atoms with Crippen molar-refractivity contribution >= 4 is 5.84 Å². The minimum Gasteiger partial charge on any atom is -0.409 e. The maximum atomic E-state index is 8.27. The zero-order valence-corrected chi connectivity index (χ0v) is 8.04. The third-order valence-corrected chi connectivity index (χ3v) is 2.23. The predicted octanol–water partition coefficient (Wildman–Crippen LogP) is 0.757. The van der Waals surface area contributed by atoms with Crippen LogP contribution in [0.3, 0.4) is 0 Å². The summed E-state index contributed by atoms with van der Waals surface area (Å²) in [4.78, 5) is 0. The van der Waals surface area contributed by atoms with Crippen LogP contribution in [0.25, 0.3) is 0 Å². The summed E-state index contributed by atoms with van der Waals surface area (Å²) in [5.41, 5.74) is 5.30. The lowest BCUT2D eigenvalue weighted by Crippen LogP contribution is -2.38. The fourth-order valence-electron chi connectivity index (χ4n) is 0.856. The molecule has 72 valence electrons. The Morgan fingerprint density at radius 3 is 2.58 bits per heavy atom. The van der Waals surface area contributed by atoms with Crippen LogP contribution in [0, 0.1) is 5.92 Å². The van der Waals surface area contributed by atoms with E-state index in [2.05, 4.69) is 31.2 Å².